The number of nitrogens with zero attached hydrogens (tertiary/aromatic N) is 3. The van der Waals surface area contributed by atoms with Crippen molar-refractivity contribution in [2.75, 3.05) is 19.4 Å². The maximum atomic E-state index is 13.2. The fraction of sp³-hybridized carbons (Fsp3) is 0.182. The van der Waals surface area contributed by atoms with Gasteiger partial charge in [0, 0.05) is 12.1 Å². The lowest BCUT2D eigenvalue weighted by Gasteiger charge is -2.06. The average Bonchev–Trinajstić information content (AvgIpc) is 3.11. The number of carbonyl (C=O) groups excluding carboxylic acids is 2. The van der Waals surface area contributed by atoms with Gasteiger partial charge in [0.2, 0.25) is 0 Å². The lowest BCUT2D eigenvalue weighted by atomic mass is 10.1. The van der Waals surface area contributed by atoms with Crippen LogP contribution in [0.3, 0.4) is 0 Å². The van der Waals surface area contributed by atoms with Crippen LogP contribution in [0.1, 0.15) is 38.4 Å². The highest BCUT2D eigenvalue weighted by Gasteiger charge is 2.17. The molecule has 31 heavy (non-hydrogen) atoms. The summed E-state index contributed by atoms with van der Waals surface area (Å²) >= 11 is 0. The van der Waals surface area contributed by atoms with Gasteiger partial charge in [-0.2, -0.15) is 10.4 Å². The Kier molecular flexibility index (Phi) is 6.62. The normalized spacial score (nSPS) is 10.4. The van der Waals surface area contributed by atoms with E-state index < -0.39 is 5.97 Å². The number of amides is 1. The molecule has 0 saturated heterocycles. The third-order valence-electron chi connectivity index (χ3n) is 4.60. The summed E-state index contributed by atoms with van der Waals surface area (Å²) in [6, 6.07) is 13.9. The Hall–Kier alpha value is -4.19. The first kappa shape index (κ1) is 21.5. The molecule has 0 bridgehead atoms. The number of nitriles is 1. The molecule has 0 saturated carbocycles. The van der Waals surface area contributed by atoms with Crippen molar-refractivity contribution in [1.29, 1.82) is 5.26 Å². The smallest absolute Gasteiger partial charge is 0.337 e. The minimum absolute atomic E-state index is 0.174. The molecular weight excluding hydrogens is 401 g/mol. The highest BCUT2D eigenvalue weighted by Crippen LogP contribution is 2.21. The summed E-state index contributed by atoms with van der Waals surface area (Å²) in [4.78, 5) is 23.9. The van der Waals surface area contributed by atoms with Crippen molar-refractivity contribution in [2.45, 2.75) is 12.8 Å². The Labute approximate surface area is 178 Å². The summed E-state index contributed by atoms with van der Waals surface area (Å²) in [6.45, 7) is 0.329. The molecule has 1 heterocycles. The molecular formula is C22H20FN5O3. The molecule has 3 rings (SSSR count). The number of rotatable bonds is 7. The van der Waals surface area contributed by atoms with Crippen LogP contribution < -0.4 is 11.1 Å². The fourth-order valence-electron chi connectivity index (χ4n) is 3.02. The third-order valence-corrected chi connectivity index (χ3v) is 4.60. The molecule has 2 aromatic carbocycles. The SMILES string of the molecule is COC(=O)c1cccc(C(=O)NCCCc2nn(-c3ccc(F)cc3)c(N)c2C#N)c1. The third kappa shape index (κ3) is 4.87. The molecule has 0 unspecified atom stereocenters. The van der Waals surface area contributed by atoms with E-state index in [9.17, 15) is 19.2 Å². The van der Waals surface area contributed by atoms with Gasteiger partial charge in [-0.05, 0) is 55.3 Å². The second-order valence-corrected chi connectivity index (χ2v) is 6.64. The van der Waals surface area contributed by atoms with Gasteiger partial charge in [-0.1, -0.05) is 6.07 Å². The van der Waals surface area contributed by atoms with Crippen molar-refractivity contribution in [3.05, 3.63) is 76.7 Å². The number of hydrogen-bond donors (Lipinski definition) is 2. The van der Waals surface area contributed by atoms with Crippen molar-refractivity contribution in [3.63, 3.8) is 0 Å². The lowest BCUT2D eigenvalue weighted by molar-refractivity contribution is 0.0600. The van der Waals surface area contributed by atoms with Crippen LogP contribution in [0.15, 0.2) is 48.5 Å². The number of nitrogens with two attached hydrogens (primary N) is 1. The number of benzene rings is 2. The van der Waals surface area contributed by atoms with Crippen molar-refractivity contribution >= 4 is 17.7 Å². The number of ether oxygens (including phenoxy) is 1. The van der Waals surface area contributed by atoms with Crippen LogP contribution in [0.4, 0.5) is 10.2 Å². The number of carbonyl (C=O) groups is 2. The van der Waals surface area contributed by atoms with E-state index in [1.165, 1.54) is 42.1 Å². The fourth-order valence-corrected chi connectivity index (χ4v) is 3.02. The second-order valence-electron chi connectivity index (χ2n) is 6.64. The zero-order valence-electron chi connectivity index (χ0n) is 16.8. The molecule has 1 amide bonds. The number of anilines is 1. The van der Waals surface area contributed by atoms with E-state index in [0.29, 0.717) is 36.3 Å². The van der Waals surface area contributed by atoms with E-state index in [4.69, 9.17) is 5.73 Å². The number of esters is 1. The van der Waals surface area contributed by atoms with Gasteiger partial charge in [0.1, 0.15) is 23.3 Å². The molecule has 0 spiro atoms. The number of methoxy groups -OCH3 is 1. The van der Waals surface area contributed by atoms with Crippen LogP contribution in [0, 0.1) is 17.1 Å². The molecule has 0 aliphatic rings. The molecule has 3 aromatic rings. The van der Waals surface area contributed by atoms with Gasteiger partial charge in [-0.3, -0.25) is 4.79 Å². The van der Waals surface area contributed by atoms with Crippen LogP contribution in [-0.4, -0.2) is 35.3 Å². The second kappa shape index (κ2) is 9.54. The maximum absolute atomic E-state index is 13.2. The van der Waals surface area contributed by atoms with E-state index in [1.54, 1.807) is 18.2 Å². The Bertz CT molecular complexity index is 1150. The number of nitrogens with one attached hydrogen (secondary N) is 1. The van der Waals surface area contributed by atoms with Gasteiger partial charge in [-0.25, -0.2) is 13.9 Å². The van der Waals surface area contributed by atoms with E-state index in [-0.39, 0.29) is 28.7 Å². The van der Waals surface area contributed by atoms with Crippen LogP contribution in [0.2, 0.25) is 0 Å². The minimum Gasteiger partial charge on any atom is -0.465 e. The van der Waals surface area contributed by atoms with Gasteiger partial charge in [0.15, 0.2) is 0 Å². The molecule has 8 nitrogen and oxygen atoms in total. The molecule has 0 fully saturated rings. The minimum atomic E-state index is -0.520. The Morgan fingerprint density at radius 3 is 2.61 bits per heavy atom. The molecule has 9 heteroatoms. The molecule has 3 N–H and O–H groups in total. The topological polar surface area (TPSA) is 123 Å². The molecule has 0 aliphatic heterocycles. The van der Waals surface area contributed by atoms with Crippen molar-refractivity contribution in [1.82, 2.24) is 15.1 Å². The molecule has 0 aliphatic carbocycles. The summed E-state index contributed by atoms with van der Waals surface area (Å²) in [7, 11) is 1.27. The summed E-state index contributed by atoms with van der Waals surface area (Å²) in [5.41, 5.74) is 7.95. The predicted octanol–water partition coefficient (Wildman–Crippen LogP) is 2.61. The van der Waals surface area contributed by atoms with Crippen LogP contribution in [0.25, 0.3) is 5.69 Å². The molecule has 0 atom stereocenters. The lowest BCUT2D eigenvalue weighted by Crippen LogP contribution is -2.25. The van der Waals surface area contributed by atoms with Gasteiger partial charge in [0.25, 0.3) is 5.91 Å². The van der Waals surface area contributed by atoms with Crippen molar-refractivity contribution < 1.29 is 18.7 Å². The standard InChI is InChI=1S/C22H20FN5O3/c1-31-22(30)15-5-2-4-14(12-15)21(29)26-11-3-6-19-18(13-24)20(25)28(27-19)17-9-7-16(23)8-10-17/h2,4-5,7-10,12H,3,6,11,25H2,1H3,(H,26,29). The first-order valence-electron chi connectivity index (χ1n) is 9.44. The Morgan fingerprint density at radius 1 is 1.23 bits per heavy atom. The summed E-state index contributed by atoms with van der Waals surface area (Å²) < 4.78 is 19.2. The number of halogens is 1. The monoisotopic (exact) mass is 421 g/mol. The largest absolute Gasteiger partial charge is 0.465 e. The van der Waals surface area contributed by atoms with Crippen molar-refractivity contribution in [2.24, 2.45) is 0 Å². The van der Waals surface area contributed by atoms with Gasteiger partial charge < -0.3 is 15.8 Å². The van der Waals surface area contributed by atoms with E-state index in [2.05, 4.69) is 15.2 Å². The van der Waals surface area contributed by atoms with Gasteiger partial charge in [-0.15, -0.1) is 0 Å². The van der Waals surface area contributed by atoms with Crippen molar-refractivity contribution in [3.8, 4) is 11.8 Å². The number of aryl methyl sites for hydroxylation is 1. The summed E-state index contributed by atoms with van der Waals surface area (Å²) in [5, 5.41) is 16.6. The first-order valence-corrected chi connectivity index (χ1v) is 9.44. The van der Waals surface area contributed by atoms with Crippen LogP contribution >= 0.6 is 0 Å². The molecule has 1 aromatic heterocycles. The van der Waals surface area contributed by atoms with Crippen LogP contribution in [-0.2, 0) is 11.2 Å². The quantitative estimate of drug-likeness (QED) is 0.447. The zero-order valence-corrected chi connectivity index (χ0v) is 16.8. The average molecular weight is 421 g/mol. The number of nitrogen functional groups attached to an aromatic ring is 1. The number of hydrogen-bond acceptors (Lipinski definition) is 6. The first-order chi connectivity index (χ1) is 14.9. The summed E-state index contributed by atoms with van der Waals surface area (Å²) in [5.74, 6) is -1.06. The molecule has 158 valence electrons. The highest BCUT2D eigenvalue weighted by atomic mass is 19.1. The number of aromatic nitrogens is 2. The van der Waals surface area contributed by atoms with E-state index in [1.807, 2.05) is 6.07 Å². The zero-order chi connectivity index (χ0) is 22.4. The maximum Gasteiger partial charge on any atom is 0.337 e. The van der Waals surface area contributed by atoms with Gasteiger partial charge >= 0.3 is 5.97 Å². The van der Waals surface area contributed by atoms with E-state index in [0.717, 1.165) is 0 Å². The Balaban J connectivity index is 1.63. The van der Waals surface area contributed by atoms with Gasteiger partial charge in [0.05, 0.1) is 24.1 Å². The summed E-state index contributed by atoms with van der Waals surface area (Å²) in [6.07, 6.45) is 0.917. The molecule has 0 radical (unpaired) electrons. The van der Waals surface area contributed by atoms with E-state index >= 15 is 0 Å². The highest BCUT2D eigenvalue weighted by molar-refractivity contribution is 5.97. The predicted molar refractivity (Wildman–Crippen MR) is 111 cm³/mol. The van der Waals surface area contributed by atoms with Crippen LogP contribution in [0.5, 0.6) is 0 Å². The Morgan fingerprint density at radius 2 is 1.94 bits per heavy atom.